The van der Waals surface area contributed by atoms with Gasteiger partial charge in [0.15, 0.2) is 0 Å². The predicted octanol–water partition coefficient (Wildman–Crippen LogP) is 4.43. The van der Waals surface area contributed by atoms with E-state index in [0.29, 0.717) is 12.3 Å². The van der Waals surface area contributed by atoms with Crippen LogP contribution in [0, 0.1) is 5.92 Å². The molecule has 3 nitrogen and oxygen atoms in total. The molecule has 0 unspecified atom stereocenters. The van der Waals surface area contributed by atoms with Crippen molar-refractivity contribution in [2.75, 3.05) is 5.32 Å². The van der Waals surface area contributed by atoms with Gasteiger partial charge >= 0.3 is 0 Å². The monoisotopic (exact) mass is 272 g/mol. The molecule has 0 atom stereocenters. The van der Waals surface area contributed by atoms with Crippen molar-refractivity contribution in [3.8, 4) is 0 Å². The first-order valence-electron chi connectivity index (χ1n) is 7.49. The first-order chi connectivity index (χ1) is 9.60. The maximum Gasteiger partial charge on any atom is 0.224 e. The van der Waals surface area contributed by atoms with E-state index in [1.165, 1.54) is 10.9 Å². The molecule has 0 spiro atoms. The maximum absolute atomic E-state index is 11.7. The summed E-state index contributed by atoms with van der Waals surface area (Å²) in [5.74, 6) is 0.729. The molecule has 2 rings (SSSR count). The van der Waals surface area contributed by atoms with Crippen molar-refractivity contribution in [3.05, 3.63) is 30.5 Å². The molecule has 3 heteroatoms. The van der Waals surface area contributed by atoms with E-state index in [-0.39, 0.29) is 5.91 Å². The number of rotatable bonds is 6. The van der Waals surface area contributed by atoms with Crippen LogP contribution in [0.25, 0.3) is 10.9 Å². The Morgan fingerprint density at radius 2 is 2.10 bits per heavy atom. The minimum Gasteiger partial charge on any atom is -0.347 e. The van der Waals surface area contributed by atoms with Gasteiger partial charge in [0.1, 0.15) is 0 Å². The Balaban J connectivity index is 2.12. The van der Waals surface area contributed by atoms with Crippen molar-refractivity contribution in [2.24, 2.45) is 5.92 Å². The third-order valence-corrected chi connectivity index (χ3v) is 3.37. The van der Waals surface area contributed by atoms with Gasteiger partial charge in [-0.25, -0.2) is 0 Å². The van der Waals surface area contributed by atoms with E-state index in [9.17, 15) is 4.79 Å². The van der Waals surface area contributed by atoms with Crippen LogP contribution in [0.4, 0.5) is 5.69 Å². The summed E-state index contributed by atoms with van der Waals surface area (Å²) >= 11 is 0. The number of amides is 1. The summed E-state index contributed by atoms with van der Waals surface area (Å²) in [5.41, 5.74) is 2.12. The number of fused-ring (bicyclic) bond motifs is 1. The first kappa shape index (κ1) is 14.6. The summed E-state index contributed by atoms with van der Waals surface area (Å²) in [6, 6.07) is 8.24. The van der Waals surface area contributed by atoms with Crippen LogP contribution < -0.4 is 5.32 Å². The summed E-state index contributed by atoms with van der Waals surface area (Å²) in [7, 11) is 0. The van der Waals surface area contributed by atoms with Gasteiger partial charge in [-0.3, -0.25) is 4.79 Å². The lowest BCUT2D eigenvalue weighted by Gasteiger charge is -2.09. The van der Waals surface area contributed by atoms with Crippen LogP contribution in [0.1, 0.15) is 40.0 Å². The maximum atomic E-state index is 11.7. The Morgan fingerprint density at radius 3 is 2.80 bits per heavy atom. The molecular weight excluding hydrogens is 248 g/mol. The third kappa shape index (κ3) is 3.62. The van der Waals surface area contributed by atoms with E-state index in [2.05, 4.69) is 55.1 Å². The van der Waals surface area contributed by atoms with Crippen molar-refractivity contribution in [3.63, 3.8) is 0 Å². The van der Waals surface area contributed by atoms with Gasteiger partial charge in [-0.15, -0.1) is 0 Å². The molecular formula is C17H24N2O. The molecule has 0 saturated heterocycles. The lowest BCUT2D eigenvalue weighted by molar-refractivity contribution is -0.116. The second-order valence-electron chi connectivity index (χ2n) is 5.79. The Labute approximate surface area is 121 Å². The molecule has 0 radical (unpaired) electrons. The average Bonchev–Trinajstić information content (AvgIpc) is 2.78. The normalized spacial score (nSPS) is 11.2. The van der Waals surface area contributed by atoms with Gasteiger partial charge in [-0.05, 0) is 36.6 Å². The second-order valence-corrected chi connectivity index (χ2v) is 5.79. The van der Waals surface area contributed by atoms with Crippen LogP contribution in [0.15, 0.2) is 30.5 Å². The van der Waals surface area contributed by atoms with Gasteiger partial charge < -0.3 is 9.88 Å². The topological polar surface area (TPSA) is 34.0 Å². The predicted molar refractivity (Wildman–Crippen MR) is 84.9 cm³/mol. The van der Waals surface area contributed by atoms with E-state index in [0.717, 1.165) is 25.1 Å². The van der Waals surface area contributed by atoms with Crippen LogP contribution in [-0.2, 0) is 11.3 Å². The fourth-order valence-electron chi connectivity index (χ4n) is 2.39. The second kappa shape index (κ2) is 6.60. The van der Waals surface area contributed by atoms with E-state index in [4.69, 9.17) is 0 Å². The highest BCUT2D eigenvalue weighted by Gasteiger charge is 2.06. The summed E-state index contributed by atoms with van der Waals surface area (Å²) in [4.78, 5) is 11.7. The smallest absolute Gasteiger partial charge is 0.224 e. The number of nitrogens with one attached hydrogen (secondary N) is 1. The number of nitrogens with zero attached hydrogens (tertiary/aromatic N) is 1. The molecule has 1 aromatic heterocycles. The Morgan fingerprint density at radius 1 is 1.30 bits per heavy atom. The lowest BCUT2D eigenvalue weighted by Crippen LogP contribution is -2.10. The van der Waals surface area contributed by atoms with Crippen LogP contribution in [0.5, 0.6) is 0 Å². The van der Waals surface area contributed by atoms with Gasteiger partial charge in [-0.2, -0.15) is 0 Å². The van der Waals surface area contributed by atoms with Gasteiger partial charge in [-0.1, -0.05) is 27.2 Å². The van der Waals surface area contributed by atoms with Gasteiger partial charge in [0.2, 0.25) is 5.91 Å². The number of carbonyl (C=O) groups excluding carboxylic acids is 1. The number of hydrogen-bond donors (Lipinski definition) is 1. The molecule has 0 aliphatic carbocycles. The molecule has 1 heterocycles. The quantitative estimate of drug-likeness (QED) is 0.829. The fourth-order valence-corrected chi connectivity index (χ4v) is 2.39. The van der Waals surface area contributed by atoms with Gasteiger partial charge in [0.05, 0.1) is 0 Å². The molecule has 2 aromatic rings. The van der Waals surface area contributed by atoms with Crippen LogP contribution in [0.3, 0.4) is 0 Å². The summed E-state index contributed by atoms with van der Waals surface area (Å²) < 4.78 is 2.27. The van der Waals surface area contributed by atoms with Crippen molar-refractivity contribution in [1.29, 1.82) is 0 Å². The van der Waals surface area contributed by atoms with E-state index in [1.54, 1.807) is 0 Å². The van der Waals surface area contributed by atoms with Gasteiger partial charge in [0, 0.05) is 35.8 Å². The molecule has 1 aromatic carbocycles. The first-order valence-corrected chi connectivity index (χ1v) is 7.49. The van der Waals surface area contributed by atoms with E-state index >= 15 is 0 Å². The van der Waals surface area contributed by atoms with Crippen LogP contribution in [0.2, 0.25) is 0 Å². The fraction of sp³-hybridized carbons (Fsp3) is 0.471. The van der Waals surface area contributed by atoms with Gasteiger partial charge in [0.25, 0.3) is 0 Å². The van der Waals surface area contributed by atoms with E-state index in [1.807, 2.05) is 6.07 Å². The Kier molecular flexibility index (Phi) is 4.83. The Bertz CT molecular complexity index is 584. The largest absolute Gasteiger partial charge is 0.347 e. The molecule has 1 amide bonds. The van der Waals surface area contributed by atoms with E-state index < -0.39 is 0 Å². The summed E-state index contributed by atoms with van der Waals surface area (Å²) in [6.07, 6.45) is 4.71. The molecule has 20 heavy (non-hydrogen) atoms. The zero-order valence-electron chi connectivity index (χ0n) is 12.6. The minimum atomic E-state index is 0.104. The van der Waals surface area contributed by atoms with Crippen molar-refractivity contribution in [2.45, 2.75) is 46.6 Å². The molecule has 1 N–H and O–H groups in total. The summed E-state index contributed by atoms with van der Waals surface area (Å²) in [5, 5.41) is 4.15. The number of hydrogen-bond acceptors (Lipinski definition) is 1. The van der Waals surface area contributed by atoms with Crippen LogP contribution in [-0.4, -0.2) is 10.5 Å². The highest BCUT2D eigenvalue weighted by atomic mass is 16.1. The van der Waals surface area contributed by atoms with Crippen molar-refractivity contribution >= 4 is 22.5 Å². The molecule has 0 aliphatic heterocycles. The molecule has 0 saturated carbocycles. The highest BCUT2D eigenvalue weighted by Crippen LogP contribution is 2.21. The van der Waals surface area contributed by atoms with Crippen molar-refractivity contribution < 1.29 is 4.79 Å². The summed E-state index contributed by atoms with van der Waals surface area (Å²) in [6.45, 7) is 7.55. The van der Waals surface area contributed by atoms with Crippen molar-refractivity contribution in [1.82, 2.24) is 4.57 Å². The molecule has 0 aliphatic rings. The molecule has 108 valence electrons. The zero-order chi connectivity index (χ0) is 14.5. The number of anilines is 1. The zero-order valence-corrected chi connectivity index (χ0v) is 12.6. The number of carbonyl (C=O) groups is 1. The number of unbranched alkanes of at least 4 members (excludes halogenated alkanes) is 1. The number of aromatic nitrogens is 1. The molecule has 0 fully saturated rings. The SMILES string of the molecule is CCCCC(=O)Nc1ccc2c(ccn2CC(C)C)c1. The lowest BCUT2D eigenvalue weighted by atomic mass is 10.2. The number of benzene rings is 1. The standard InChI is InChI=1S/C17H24N2O/c1-4-5-6-17(20)18-15-7-8-16-14(11-15)9-10-19(16)12-13(2)3/h7-11,13H,4-6,12H2,1-3H3,(H,18,20). The molecule has 0 bridgehead atoms. The van der Waals surface area contributed by atoms with Crippen LogP contribution >= 0.6 is 0 Å². The Hall–Kier alpha value is -1.77. The minimum absolute atomic E-state index is 0.104. The highest BCUT2D eigenvalue weighted by molar-refractivity contribution is 5.93. The third-order valence-electron chi connectivity index (χ3n) is 3.37. The average molecular weight is 272 g/mol.